The highest BCUT2D eigenvalue weighted by Crippen LogP contribution is 2.15. The van der Waals surface area contributed by atoms with E-state index in [-0.39, 0.29) is 18.0 Å². The van der Waals surface area contributed by atoms with E-state index in [4.69, 9.17) is 14.2 Å². The molecule has 0 bridgehead atoms. The molecular formula is C20H39N3O5. The van der Waals surface area contributed by atoms with Crippen LogP contribution in [0.25, 0.3) is 0 Å². The second-order valence-electron chi connectivity index (χ2n) is 8.06. The van der Waals surface area contributed by atoms with E-state index in [9.17, 15) is 9.59 Å². The first-order valence-corrected chi connectivity index (χ1v) is 10.3. The Morgan fingerprint density at radius 3 is 2.32 bits per heavy atom. The summed E-state index contributed by atoms with van der Waals surface area (Å²) in [5.41, 5.74) is -0.494. The number of hydrogen-bond acceptors (Lipinski definition) is 6. The second kappa shape index (κ2) is 13.0. The predicted molar refractivity (Wildman–Crippen MR) is 108 cm³/mol. The molecule has 8 nitrogen and oxygen atoms in total. The van der Waals surface area contributed by atoms with Crippen LogP contribution in [0.15, 0.2) is 0 Å². The van der Waals surface area contributed by atoms with Gasteiger partial charge in [-0.1, -0.05) is 13.3 Å². The SMILES string of the molecule is CCC[C@@H](C(=O)NCCCOCCOC)N1CCN(C(=O)OC(C)(C)C)CC1. The van der Waals surface area contributed by atoms with E-state index in [1.54, 1.807) is 12.0 Å². The number of amides is 2. The van der Waals surface area contributed by atoms with Gasteiger partial charge < -0.3 is 24.4 Å². The highest BCUT2D eigenvalue weighted by molar-refractivity contribution is 5.81. The first-order chi connectivity index (χ1) is 13.3. The lowest BCUT2D eigenvalue weighted by Crippen LogP contribution is -2.56. The Hall–Kier alpha value is -1.38. The maximum absolute atomic E-state index is 12.7. The Kier molecular flexibility index (Phi) is 11.4. The van der Waals surface area contributed by atoms with Gasteiger partial charge in [0.15, 0.2) is 0 Å². The number of carbonyl (C=O) groups excluding carboxylic acids is 2. The lowest BCUT2D eigenvalue weighted by molar-refractivity contribution is -0.127. The van der Waals surface area contributed by atoms with E-state index in [1.165, 1.54) is 0 Å². The maximum atomic E-state index is 12.7. The molecule has 0 spiro atoms. The highest BCUT2D eigenvalue weighted by Gasteiger charge is 2.31. The Morgan fingerprint density at radius 1 is 1.07 bits per heavy atom. The summed E-state index contributed by atoms with van der Waals surface area (Å²) in [7, 11) is 1.64. The van der Waals surface area contributed by atoms with E-state index in [0.717, 1.165) is 19.3 Å². The summed E-state index contributed by atoms with van der Waals surface area (Å²) < 4.78 is 15.8. The van der Waals surface area contributed by atoms with Crippen molar-refractivity contribution < 1.29 is 23.8 Å². The largest absolute Gasteiger partial charge is 0.444 e. The molecule has 28 heavy (non-hydrogen) atoms. The summed E-state index contributed by atoms with van der Waals surface area (Å²) in [6, 6.07) is -0.153. The Bertz CT molecular complexity index is 459. The third-order valence-corrected chi connectivity index (χ3v) is 4.47. The van der Waals surface area contributed by atoms with Gasteiger partial charge in [0, 0.05) is 46.4 Å². The Morgan fingerprint density at radius 2 is 1.75 bits per heavy atom. The molecule has 2 amide bonds. The molecule has 0 aromatic carbocycles. The third-order valence-electron chi connectivity index (χ3n) is 4.47. The Labute approximate surface area is 169 Å². The van der Waals surface area contributed by atoms with Crippen LogP contribution in [0.1, 0.15) is 47.0 Å². The number of carbonyl (C=O) groups is 2. The van der Waals surface area contributed by atoms with Gasteiger partial charge in [-0.05, 0) is 33.6 Å². The van der Waals surface area contributed by atoms with Crippen molar-refractivity contribution >= 4 is 12.0 Å². The van der Waals surface area contributed by atoms with Crippen LogP contribution in [-0.2, 0) is 19.0 Å². The highest BCUT2D eigenvalue weighted by atomic mass is 16.6. The number of hydrogen-bond donors (Lipinski definition) is 1. The molecule has 0 radical (unpaired) electrons. The molecule has 0 aromatic rings. The summed E-state index contributed by atoms with van der Waals surface area (Å²) in [4.78, 5) is 28.8. The van der Waals surface area contributed by atoms with Crippen LogP contribution >= 0.6 is 0 Å². The van der Waals surface area contributed by atoms with Crippen LogP contribution in [0, 0.1) is 0 Å². The molecule has 1 N–H and O–H groups in total. The Balaban J connectivity index is 2.39. The van der Waals surface area contributed by atoms with Crippen molar-refractivity contribution in [3.8, 4) is 0 Å². The normalized spacial score (nSPS) is 16.7. The average molecular weight is 402 g/mol. The van der Waals surface area contributed by atoms with Gasteiger partial charge in [-0.2, -0.15) is 0 Å². The van der Waals surface area contributed by atoms with Crippen molar-refractivity contribution in [2.75, 3.05) is 59.7 Å². The first-order valence-electron chi connectivity index (χ1n) is 10.3. The molecule has 1 heterocycles. The van der Waals surface area contributed by atoms with E-state index < -0.39 is 5.60 Å². The monoisotopic (exact) mass is 401 g/mol. The molecule has 1 fully saturated rings. The summed E-state index contributed by atoms with van der Waals surface area (Å²) in [6.07, 6.45) is 2.24. The van der Waals surface area contributed by atoms with Crippen molar-refractivity contribution in [1.29, 1.82) is 0 Å². The number of rotatable bonds is 11. The second-order valence-corrected chi connectivity index (χ2v) is 8.06. The number of nitrogens with zero attached hydrogens (tertiary/aromatic N) is 2. The molecule has 1 saturated heterocycles. The van der Waals surface area contributed by atoms with Gasteiger partial charge in [-0.15, -0.1) is 0 Å². The number of methoxy groups -OCH3 is 1. The fourth-order valence-corrected chi connectivity index (χ4v) is 3.04. The fraction of sp³-hybridized carbons (Fsp3) is 0.900. The van der Waals surface area contributed by atoms with Crippen molar-refractivity contribution in [3.63, 3.8) is 0 Å². The predicted octanol–water partition coefficient (Wildman–Crippen LogP) is 1.88. The van der Waals surface area contributed by atoms with E-state index in [0.29, 0.717) is 52.5 Å². The minimum absolute atomic E-state index is 0.0597. The quantitative estimate of drug-likeness (QED) is 0.533. The third kappa shape index (κ3) is 9.71. The van der Waals surface area contributed by atoms with Crippen molar-refractivity contribution in [1.82, 2.24) is 15.1 Å². The molecule has 1 atom stereocenters. The van der Waals surface area contributed by atoms with Crippen LogP contribution in [0.3, 0.4) is 0 Å². The van der Waals surface area contributed by atoms with E-state index in [1.807, 2.05) is 20.8 Å². The molecule has 0 saturated carbocycles. The summed E-state index contributed by atoms with van der Waals surface area (Å²) in [6.45, 7) is 12.6. The molecular weight excluding hydrogens is 362 g/mol. The van der Waals surface area contributed by atoms with Crippen LogP contribution in [0.5, 0.6) is 0 Å². The van der Waals surface area contributed by atoms with Crippen molar-refractivity contribution in [2.24, 2.45) is 0 Å². The zero-order valence-electron chi connectivity index (χ0n) is 18.3. The van der Waals surface area contributed by atoms with Crippen molar-refractivity contribution in [3.05, 3.63) is 0 Å². The fourth-order valence-electron chi connectivity index (χ4n) is 3.04. The zero-order chi connectivity index (χ0) is 21.0. The van der Waals surface area contributed by atoms with Gasteiger partial charge in [-0.25, -0.2) is 4.79 Å². The molecule has 1 aliphatic heterocycles. The first kappa shape index (κ1) is 24.7. The molecule has 8 heteroatoms. The molecule has 0 aromatic heterocycles. The van der Waals surface area contributed by atoms with Gasteiger partial charge >= 0.3 is 6.09 Å². The molecule has 1 aliphatic rings. The van der Waals surface area contributed by atoms with Crippen LogP contribution < -0.4 is 5.32 Å². The van der Waals surface area contributed by atoms with E-state index >= 15 is 0 Å². The zero-order valence-corrected chi connectivity index (χ0v) is 18.3. The van der Waals surface area contributed by atoms with Crippen LogP contribution in [0.4, 0.5) is 4.79 Å². The van der Waals surface area contributed by atoms with Gasteiger partial charge in [0.2, 0.25) is 5.91 Å². The van der Waals surface area contributed by atoms with Crippen LogP contribution in [0.2, 0.25) is 0 Å². The lowest BCUT2D eigenvalue weighted by atomic mass is 10.1. The molecule has 1 rings (SSSR count). The summed E-state index contributed by atoms with van der Waals surface area (Å²) in [5.74, 6) is 0.0597. The van der Waals surface area contributed by atoms with Crippen molar-refractivity contribution in [2.45, 2.75) is 58.6 Å². The van der Waals surface area contributed by atoms with Gasteiger partial charge in [0.25, 0.3) is 0 Å². The average Bonchev–Trinajstić information content (AvgIpc) is 2.64. The molecule has 0 unspecified atom stereocenters. The minimum Gasteiger partial charge on any atom is -0.444 e. The van der Waals surface area contributed by atoms with Gasteiger partial charge in [-0.3, -0.25) is 9.69 Å². The summed E-state index contributed by atoms with van der Waals surface area (Å²) in [5, 5.41) is 3.02. The van der Waals surface area contributed by atoms with E-state index in [2.05, 4.69) is 17.1 Å². The van der Waals surface area contributed by atoms with Gasteiger partial charge in [0.1, 0.15) is 5.60 Å². The minimum atomic E-state index is -0.494. The van der Waals surface area contributed by atoms with Gasteiger partial charge in [0.05, 0.1) is 19.3 Å². The lowest BCUT2D eigenvalue weighted by Gasteiger charge is -2.39. The number of nitrogens with one attached hydrogen (secondary N) is 1. The maximum Gasteiger partial charge on any atom is 0.410 e. The summed E-state index contributed by atoms with van der Waals surface area (Å²) >= 11 is 0. The standard InChI is InChI=1S/C20H39N3O5/c1-6-8-17(18(24)21-9-7-14-27-16-15-26-5)22-10-12-23(13-11-22)19(25)28-20(2,3)4/h17H,6-16H2,1-5H3,(H,21,24)/t17-/m0/s1. The van der Waals surface area contributed by atoms with Crippen LogP contribution in [-0.4, -0.2) is 93.1 Å². The molecule has 0 aliphatic carbocycles. The smallest absolute Gasteiger partial charge is 0.410 e. The topological polar surface area (TPSA) is 80.3 Å². The molecule has 164 valence electrons. The number of ether oxygens (including phenoxy) is 3. The number of piperazine rings is 1.